The van der Waals surface area contributed by atoms with Crippen molar-refractivity contribution in [2.45, 2.75) is 6.43 Å². The Morgan fingerprint density at radius 3 is 3.00 bits per heavy atom. The molecule has 5 heteroatoms. The van der Waals surface area contributed by atoms with Crippen LogP contribution in [0.4, 0.5) is 14.6 Å². The van der Waals surface area contributed by atoms with E-state index in [9.17, 15) is 8.78 Å². The molecule has 0 saturated carbocycles. The summed E-state index contributed by atoms with van der Waals surface area (Å²) in [5.41, 5.74) is 0.395. The molecule has 3 nitrogen and oxygen atoms in total. The highest BCUT2D eigenvalue weighted by Crippen LogP contribution is 2.05. The lowest BCUT2D eigenvalue weighted by Gasteiger charge is -2.03. The fourth-order valence-corrected chi connectivity index (χ4v) is 0.778. The second-order valence-corrected chi connectivity index (χ2v) is 2.31. The zero-order chi connectivity index (χ0) is 9.68. The second kappa shape index (κ2) is 4.36. The van der Waals surface area contributed by atoms with E-state index in [4.69, 9.17) is 5.26 Å². The third-order valence-electron chi connectivity index (χ3n) is 1.33. The van der Waals surface area contributed by atoms with Gasteiger partial charge >= 0.3 is 0 Å². The van der Waals surface area contributed by atoms with E-state index in [-0.39, 0.29) is 0 Å². The zero-order valence-corrected chi connectivity index (χ0v) is 6.67. The fraction of sp³-hybridized carbons (Fsp3) is 0.250. The van der Waals surface area contributed by atoms with Crippen molar-refractivity contribution in [1.82, 2.24) is 4.98 Å². The number of alkyl halides is 2. The van der Waals surface area contributed by atoms with E-state index < -0.39 is 13.0 Å². The van der Waals surface area contributed by atoms with Crippen molar-refractivity contribution in [3.63, 3.8) is 0 Å². The molecule has 1 aromatic rings. The largest absolute Gasteiger partial charge is 0.364 e. The van der Waals surface area contributed by atoms with Crippen molar-refractivity contribution in [2.75, 3.05) is 11.9 Å². The van der Waals surface area contributed by atoms with Gasteiger partial charge in [0.1, 0.15) is 5.82 Å². The number of hydrogen-bond donors (Lipinski definition) is 1. The first-order valence-electron chi connectivity index (χ1n) is 3.60. The van der Waals surface area contributed by atoms with Crippen molar-refractivity contribution in [3.8, 4) is 6.07 Å². The molecule has 0 saturated heterocycles. The Bertz CT molecular complexity index is 319. The summed E-state index contributed by atoms with van der Waals surface area (Å²) in [6, 6.07) is 4.81. The highest BCUT2D eigenvalue weighted by Gasteiger charge is 2.02. The van der Waals surface area contributed by atoms with Gasteiger partial charge in [0.25, 0.3) is 6.43 Å². The summed E-state index contributed by atoms with van der Waals surface area (Å²) >= 11 is 0. The molecule has 0 fully saturated rings. The smallest absolute Gasteiger partial charge is 0.255 e. The first-order chi connectivity index (χ1) is 6.22. The Hall–Kier alpha value is -1.70. The molecule has 0 radical (unpaired) electrons. The molecular formula is C8H7F2N3. The van der Waals surface area contributed by atoms with Gasteiger partial charge in [-0.2, -0.15) is 5.26 Å². The lowest BCUT2D eigenvalue weighted by atomic mass is 10.3. The van der Waals surface area contributed by atoms with Gasteiger partial charge in [-0.3, -0.25) is 0 Å². The monoisotopic (exact) mass is 183 g/mol. The van der Waals surface area contributed by atoms with Crippen molar-refractivity contribution in [2.24, 2.45) is 0 Å². The second-order valence-electron chi connectivity index (χ2n) is 2.31. The standard InChI is InChI=1S/C8H7F2N3/c9-7(10)5-13-8-3-6(4-11)1-2-12-8/h1-3,7H,5H2,(H,12,13). The van der Waals surface area contributed by atoms with E-state index in [0.29, 0.717) is 11.4 Å². The van der Waals surface area contributed by atoms with Crippen molar-refractivity contribution < 1.29 is 8.78 Å². The van der Waals surface area contributed by atoms with E-state index in [1.165, 1.54) is 18.3 Å². The molecule has 1 aromatic heterocycles. The van der Waals surface area contributed by atoms with Gasteiger partial charge in [0, 0.05) is 6.20 Å². The topological polar surface area (TPSA) is 48.7 Å². The normalized spacial score (nSPS) is 9.69. The molecule has 0 bridgehead atoms. The molecule has 1 rings (SSSR count). The number of anilines is 1. The summed E-state index contributed by atoms with van der Waals surface area (Å²) in [6.45, 7) is -0.456. The van der Waals surface area contributed by atoms with Gasteiger partial charge in [0.15, 0.2) is 0 Å². The average Bonchev–Trinajstić information content (AvgIpc) is 2.15. The molecule has 0 spiro atoms. The van der Waals surface area contributed by atoms with Crippen LogP contribution in [0.15, 0.2) is 18.3 Å². The Morgan fingerprint density at radius 2 is 2.38 bits per heavy atom. The maximum atomic E-state index is 11.7. The predicted octanol–water partition coefficient (Wildman–Crippen LogP) is 1.63. The molecule has 0 aromatic carbocycles. The molecule has 0 amide bonds. The van der Waals surface area contributed by atoms with Gasteiger partial charge in [-0.1, -0.05) is 0 Å². The fourth-order valence-electron chi connectivity index (χ4n) is 0.778. The summed E-state index contributed by atoms with van der Waals surface area (Å²) in [5.74, 6) is 0.291. The molecule has 0 aliphatic rings. The van der Waals surface area contributed by atoms with Gasteiger partial charge in [-0.15, -0.1) is 0 Å². The zero-order valence-electron chi connectivity index (χ0n) is 6.67. The van der Waals surface area contributed by atoms with Crippen LogP contribution in [0.2, 0.25) is 0 Å². The molecule has 0 unspecified atom stereocenters. The van der Waals surface area contributed by atoms with Crippen LogP contribution in [-0.2, 0) is 0 Å². The number of nitriles is 1. The van der Waals surface area contributed by atoms with Crippen molar-refractivity contribution >= 4 is 5.82 Å². The minimum Gasteiger partial charge on any atom is -0.364 e. The van der Waals surface area contributed by atoms with Crippen LogP contribution in [0.3, 0.4) is 0 Å². The number of pyridine rings is 1. The third-order valence-corrected chi connectivity index (χ3v) is 1.33. The van der Waals surface area contributed by atoms with Crippen LogP contribution < -0.4 is 5.32 Å². The summed E-state index contributed by atoms with van der Waals surface area (Å²) < 4.78 is 23.5. The minimum atomic E-state index is -2.42. The van der Waals surface area contributed by atoms with Gasteiger partial charge in [-0.05, 0) is 12.1 Å². The van der Waals surface area contributed by atoms with E-state index >= 15 is 0 Å². The lowest BCUT2D eigenvalue weighted by molar-refractivity contribution is 0.163. The number of halogens is 2. The molecule has 0 aliphatic heterocycles. The minimum absolute atomic E-state index is 0.291. The summed E-state index contributed by atoms with van der Waals surface area (Å²) in [7, 11) is 0. The molecular weight excluding hydrogens is 176 g/mol. The van der Waals surface area contributed by atoms with Crippen LogP contribution in [0.25, 0.3) is 0 Å². The Labute approximate surface area is 74.0 Å². The van der Waals surface area contributed by atoms with E-state index in [1.807, 2.05) is 6.07 Å². The highest BCUT2D eigenvalue weighted by molar-refractivity contribution is 5.42. The summed E-state index contributed by atoms with van der Waals surface area (Å²) in [4.78, 5) is 3.76. The van der Waals surface area contributed by atoms with Gasteiger partial charge in [0.05, 0.1) is 18.2 Å². The maximum absolute atomic E-state index is 11.7. The van der Waals surface area contributed by atoms with Gasteiger partial charge in [0.2, 0.25) is 0 Å². The Kier molecular flexibility index (Phi) is 3.15. The lowest BCUT2D eigenvalue weighted by Crippen LogP contribution is -2.11. The molecule has 0 atom stereocenters. The average molecular weight is 183 g/mol. The number of hydrogen-bond acceptors (Lipinski definition) is 3. The van der Waals surface area contributed by atoms with Crippen LogP contribution >= 0.6 is 0 Å². The molecule has 1 heterocycles. The van der Waals surface area contributed by atoms with E-state index in [2.05, 4.69) is 10.3 Å². The van der Waals surface area contributed by atoms with Crippen molar-refractivity contribution in [3.05, 3.63) is 23.9 Å². The third kappa shape index (κ3) is 3.03. The predicted molar refractivity (Wildman–Crippen MR) is 43.4 cm³/mol. The Morgan fingerprint density at radius 1 is 1.62 bits per heavy atom. The first-order valence-corrected chi connectivity index (χ1v) is 3.60. The van der Waals surface area contributed by atoms with Crippen LogP contribution in [0.1, 0.15) is 5.56 Å². The summed E-state index contributed by atoms with van der Waals surface area (Å²) in [5, 5.41) is 10.9. The number of aromatic nitrogens is 1. The number of nitrogens with one attached hydrogen (secondary N) is 1. The van der Waals surface area contributed by atoms with Crippen molar-refractivity contribution in [1.29, 1.82) is 5.26 Å². The van der Waals surface area contributed by atoms with E-state index in [1.54, 1.807) is 0 Å². The Balaban J connectivity index is 2.63. The maximum Gasteiger partial charge on any atom is 0.255 e. The van der Waals surface area contributed by atoms with E-state index in [0.717, 1.165) is 0 Å². The SMILES string of the molecule is N#Cc1ccnc(NCC(F)F)c1. The van der Waals surface area contributed by atoms with Gasteiger partial charge in [-0.25, -0.2) is 13.8 Å². The first kappa shape index (κ1) is 9.39. The molecule has 68 valence electrons. The molecule has 0 aliphatic carbocycles. The van der Waals surface area contributed by atoms with Crippen LogP contribution in [0.5, 0.6) is 0 Å². The van der Waals surface area contributed by atoms with Gasteiger partial charge < -0.3 is 5.32 Å². The number of nitrogens with zero attached hydrogens (tertiary/aromatic N) is 2. The molecule has 13 heavy (non-hydrogen) atoms. The van der Waals surface area contributed by atoms with Crippen LogP contribution in [-0.4, -0.2) is 18.0 Å². The molecule has 1 N–H and O–H groups in total. The van der Waals surface area contributed by atoms with Crippen LogP contribution in [0, 0.1) is 11.3 Å². The quantitative estimate of drug-likeness (QED) is 0.774. The highest BCUT2D eigenvalue weighted by atomic mass is 19.3. The number of rotatable bonds is 3. The summed E-state index contributed by atoms with van der Waals surface area (Å²) in [6.07, 6.45) is -1.03.